The number of rotatable bonds is 6. The van der Waals surface area contributed by atoms with Gasteiger partial charge in [0.15, 0.2) is 11.5 Å². The molecule has 0 aliphatic rings. The molecule has 0 amide bonds. The summed E-state index contributed by atoms with van der Waals surface area (Å²) < 4.78 is 15.5. The molecule has 0 atom stereocenters. The molecule has 0 radical (unpaired) electrons. The minimum Gasteiger partial charge on any atom is -0.539 e. The predicted octanol–water partition coefficient (Wildman–Crippen LogP) is 0.534. The summed E-state index contributed by atoms with van der Waals surface area (Å²) in [4.78, 5) is 24.0. The van der Waals surface area contributed by atoms with E-state index in [1.165, 1.54) is 4.68 Å². The van der Waals surface area contributed by atoms with Crippen molar-refractivity contribution in [1.82, 2.24) is 5.27 Å². The Morgan fingerprint density at radius 1 is 1.17 bits per heavy atom. The van der Waals surface area contributed by atoms with Crippen LogP contribution in [0, 0.1) is 0 Å². The molecule has 0 saturated carbocycles. The van der Waals surface area contributed by atoms with Gasteiger partial charge in [-0.25, -0.2) is 9.59 Å². The van der Waals surface area contributed by atoms with E-state index in [0.717, 1.165) is 6.08 Å². The van der Waals surface area contributed by atoms with Gasteiger partial charge in [-0.1, -0.05) is 18.2 Å². The topological polar surface area (TPSA) is 106 Å². The van der Waals surface area contributed by atoms with E-state index in [4.69, 9.17) is 9.47 Å². The quantitative estimate of drug-likeness (QED) is 0.250. The van der Waals surface area contributed by atoms with Crippen molar-refractivity contribution in [1.29, 1.82) is 0 Å². The number of ether oxygens (including phenoxy) is 2. The highest BCUT2D eigenvalue weighted by Crippen LogP contribution is 2.16. The second kappa shape index (κ2) is 7.91. The van der Waals surface area contributed by atoms with Crippen LogP contribution < -0.4 is 9.79 Å². The van der Waals surface area contributed by atoms with Crippen LogP contribution in [0.2, 0.25) is 0 Å². The highest BCUT2D eigenvalue weighted by Gasteiger charge is 2.26. The molecule has 0 unspecified atom stereocenters. The van der Waals surface area contributed by atoms with Gasteiger partial charge in [-0.3, -0.25) is 0 Å². The molecule has 2 aromatic rings. The summed E-state index contributed by atoms with van der Waals surface area (Å²) >= 11 is 0. The van der Waals surface area contributed by atoms with Gasteiger partial charge in [-0.05, 0) is 18.5 Å². The third-order valence-corrected chi connectivity index (χ3v) is 2.92. The van der Waals surface area contributed by atoms with Gasteiger partial charge in [-0.15, -0.1) is 0 Å². The number of carbonyl (C=O) groups is 2. The van der Waals surface area contributed by atoms with Crippen molar-refractivity contribution in [2.24, 2.45) is 0 Å². The Bertz CT molecular complexity index is 731. The summed E-state index contributed by atoms with van der Waals surface area (Å²) in [5, 5.41) is 15.5. The Morgan fingerprint density at radius 3 is 2.29 bits per heavy atom. The molecule has 0 saturated heterocycles. The first-order valence-corrected chi connectivity index (χ1v) is 7.28. The number of esters is 2. The van der Waals surface area contributed by atoms with Gasteiger partial charge in [0.1, 0.15) is 0 Å². The van der Waals surface area contributed by atoms with E-state index < -0.39 is 23.5 Å². The van der Waals surface area contributed by atoms with Crippen molar-refractivity contribution in [3.05, 3.63) is 41.6 Å². The van der Waals surface area contributed by atoms with Gasteiger partial charge >= 0.3 is 11.9 Å². The normalized spacial score (nSPS) is 10.1. The van der Waals surface area contributed by atoms with E-state index >= 15 is 0 Å². The number of nitrogens with zero attached hydrogens (tertiary/aromatic N) is 2. The van der Waals surface area contributed by atoms with Crippen LogP contribution in [0.5, 0.6) is 5.95 Å². The van der Waals surface area contributed by atoms with Crippen molar-refractivity contribution in [2.45, 2.75) is 13.8 Å². The zero-order valence-electron chi connectivity index (χ0n) is 13.2. The number of aromatic nitrogens is 2. The van der Waals surface area contributed by atoms with Gasteiger partial charge in [-0.2, -0.15) is 0 Å². The van der Waals surface area contributed by atoms with Crippen molar-refractivity contribution >= 4 is 18.0 Å². The molecule has 1 heterocycles. The number of hydrogen-bond donors (Lipinski definition) is 0. The average molecular weight is 332 g/mol. The summed E-state index contributed by atoms with van der Waals surface area (Å²) in [7, 11) is 0. The Balaban J connectivity index is 2.51. The lowest BCUT2D eigenvalue weighted by atomic mass is 10.2. The Morgan fingerprint density at radius 2 is 1.75 bits per heavy atom. The highest BCUT2D eigenvalue weighted by molar-refractivity contribution is 6.17. The predicted molar refractivity (Wildman–Crippen MR) is 78.7 cm³/mol. The lowest BCUT2D eigenvalue weighted by Gasteiger charge is -2.05. The molecule has 0 aliphatic heterocycles. The van der Waals surface area contributed by atoms with E-state index in [0.29, 0.717) is 5.69 Å². The fraction of sp³-hybridized carbons (Fsp3) is 0.250. The second-order valence-corrected chi connectivity index (χ2v) is 4.49. The summed E-state index contributed by atoms with van der Waals surface area (Å²) in [6.45, 7) is 3.34. The molecule has 0 spiro atoms. The maximum absolute atomic E-state index is 12.0. The fourth-order valence-corrected chi connectivity index (χ4v) is 1.89. The van der Waals surface area contributed by atoms with Gasteiger partial charge in [0, 0.05) is 18.2 Å². The molecule has 126 valence electrons. The molecular formula is C16H16N2O6. The first-order chi connectivity index (χ1) is 11.6. The van der Waals surface area contributed by atoms with Crippen LogP contribution in [-0.4, -0.2) is 30.4 Å². The third-order valence-electron chi connectivity index (χ3n) is 2.92. The molecule has 2 rings (SSSR count). The van der Waals surface area contributed by atoms with Crippen LogP contribution in [0.15, 0.2) is 40.4 Å². The Labute approximate surface area is 137 Å². The van der Waals surface area contributed by atoms with E-state index in [1.54, 1.807) is 44.2 Å². The standard InChI is InChI=1S/C16H16N2O6/c1-3-22-14(19)12(15(20)23-4-2)10-13-16(21)24-17-18(13)11-8-6-5-7-9-11/h5-10H,3-4H2,1-2H3. The molecule has 0 bridgehead atoms. The molecule has 8 nitrogen and oxygen atoms in total. The number of benzene rings is 1. The molecule has 1 aromatic carbocycles. The summed E-state index contributed by atoms with van der Waals surface area (Å²) in [5.74, 6) is -2.59. The smallest absolute Gasteiger partial charge is 0.345 e. The minimum atomic E-state index is -0.892. The van der Waals surface area contributed by atoms with Crippen molar-refractivity contribution in [2.75, 3.05) is 13.2 Å². The van der Waals surface area contributed by atoms with Crippen LogP contribution >= 0.6 is 0 Å². The molecule has 24 heavy (non-hydrogen) atoms. The second-order valence-electron chi connectivity index (χ2n) is 4.49. The molecule has 0 N–H and O–H groups in total. The molecular weight excluding hydrogens is 316 g/mol. The fourth-order valence-electron chi connectivity index (χ4n) is 1.89. The first kappa shape index (κ1) is 17.2. The van der Waals surface area contributed by atoms with E-state index in [9.17, 15) is 14.7 Å². The lowest BCUT2D eigenvalue weighted by molar-refractivity contribution is -0.672. The van der Waals surface area contributed by atoms with E-state index in [2.05, 4.69) is 9.79 Å². The van der Waals surface area contributed by atoms with Crippen LogP contribution in [0.3, 0.4) is 0 Å². The first-order valence-electron chi connectivity index (χ1n) is 7.28. The van der Waals surface area contributed by atoms with Crippen LogP contribution in [-0.2, 0) is 19.1 Å². The largest absolute Gasteiger partial charge is 0.539 e. The van der Waals surface area contributed by atoms with Gasteiger partial charge in [0.25, 0.3) is 5.69 Å². The van der Waals surface area contributed by atoms with Crippen LogP contribution in [0.1, 0.15) is 19.5 Å². The lowest BCUT2D eigenvalue weighted by Crippen LogP contribution is -2.35. The zero-order valence-corrected chi connectivity index (χ0v) is 13.2. The van der Waals surface area contributed by atoms with Crippen LogP contribution in [0.25, 0.3) is 11.8 Å². The minimum absolute atomic E-state index is 0.0716. The average Bonchev–Trinajstić information content (AvgIpc) is 2.94. The zero-order chi connectivity index (χ0) is 17.5. The summed E-state index contributed by atoms with van der Waals surface area (Å²) in [6, 6.07) is 8.65. The number of carbonyl (C=O) groups excluding carboxylic acids is 2. The molecule has 0 aliphatic carbocycles. The highest BCUT2D eigenvalue weighted by atomic mass is 16.6. The summed E-state index contributed by atoms with van der Waals surface area (Å²) in [6.07, 6.45) is 1.06. The maximum atomic E-state index is 12.0. The maximum Gasteiger partial charge on any atom is 0.345 e. The number of para-hydroxylation sites is 1. The summed E-state index contributed by atoms with van der Waals surface area (Å²) in [5.41, 5.74) is 0.0163. The SMILES string of the molecule is CCOC(=O)C(=Cc1c([O-])on[n+]1-c1ccccc1)C(=O)OCC. The van der Waals surface area contributed by atoms with E-state index in [1.807, 2.05) is 0 Å². The molecule has 8 heteroatoms. The van der Waals surface area contributed by atoms with Gasteiger partial charge in [0.2, 0.25) is 5.69 Å². The Kier molecular flexibility index (Phi) is 5.67. The van der Waals surface area contributed by atoms with E-state index in [-0.39, 0.29) is 18.9 Å². The molecule has 1 aromatic heterocycles. The van der Waals surface area contributed by atoms with Gasteiger partial charge in [0.05, 0.1) is 18.5 Å². The number of hydrogen-bond acceptors (Lipinski definition) is 7. The van der Waals surface area contributed by atoms with Crippen molar-refractivity contribution in [3.63, 3.8) is 0 Å². The monoisotopic (exact) mass is 332 g/mol. The Hall–Kier alpha value is -3.16. The third kappa shape index (κ3) is 3.78. The van der Waals surface area contributed by atoms with Crippen LogP contribution in [0.4, 0.5) is 0 Å². The molecule has 0 fully saturated rings. The van der Waals surface area contributed by atoms with Gasteiger partial charge < -0.3 is 19.1 Å². The van der Waals surface area contributed by atoms with Crippen molar-refractivity contribution < 1.29 is 33.4 Å². The van der Waals surface area contributed by atoms with Crippen molar-refractivity contribution in [3.8, 4) is 11.6 Å².